The highest BCUT2D eigenvalue weighted by Gasteiger charge is 2.27. The van der Waals surface area contributed by atoms with Crippen molar-refractivity contribution in [2.45, 2.75) is 33.3 Å². The molecule has 0 N–H and O–H groups in total. The second-order valence-corrected chi connectivity index (χ2v) is 5.27. The monoisotopic (exact) mass is 314 g/mol. The van der Waals surface area contributed by atoms with Crippen molar-refractivity contribution in [1.82, 2.24) is 0 Å². The summed E-state index contributed by atoms with van der Waals surface area (Å²) in [6.45, 7) is 6.72. The van der Waals surface area contributed by atoms with Crippen LogP contribution in [0.15, 0.2) is 30.3 Å². The normalized spacial score (nSPS) is 12.4. The van der Waals surface area contributed by atoms with Gasteiger partial charge in [0.05, 0.1) is 19.8 Å². The van der Waals surface area contributed by atoms with Gasteiger partial charge in [-0.2, -0.15) is 0 Å². The summed E-state index contributed by atoms with van der Waals surface area (Å²) >= 11 is 0. The van der Waals surface area contributed by atoms with Gasteiger partial charge < -0.3 is 13.8 Å². The van der Waals surface area contributed by atoms with Crippen molar-refractivity contribution in [2.75, 3.05) is 19.8 Å². The molecule has 0 aromatic heterocycles. The van der Waals surface area contributed by atoms with Gasteiger partial charge in [0.15, 0.2) is 6.10 Å². The number of ether oxygens (including phenoxy) is 1. The number of hydrogen-bond acceptors (Lipinski definition) is 5. The summed E-state index contributed by atoms with van der Waals surface area (Å²) in [6, 6.07) is 9.66. The van der Waals surface area contributed by atoms with Crippen LogP contribution in [0.2, 0.25) is 0 Å². The average molecular weight is 314 g/mol. The number of rotatable bonds is 10. The van der Waals surface area contributed by atoms with E-state index in [0.717, 1.165) is 5.56 Å². The maximum absolute atomic E-state index is 12.0. The van der Waals surface area contributed by atoms with Gasteiger partial charge in [-0.15, -0.1) is 0 Å². The Balaban J connectivity index is 2.73. The number of carbonyl (C=O) groups is 1. The zero-order valence-electron chi connectivity index (χ0n) is 12.8. The lowest BCUT2D eigenvalue weighted by atomic mass is 10.1. The molecule has 0 aliphatic heterocycles. The lowest BCUT2D eigenvalue weighted by molar-refractivity contribution is -0.151. The molecule has 1 unspecified atom stereocenters. The molecule has 21 heavy (non-hydrogen) atoms. The van der Waals surface area contributed by atoms with Gasteiger partial charge in [-0.1, -0.05) is 30.3 Å². The maximum Gasteiger partial charge on any atom is 0.336 e. The van der Waals surface area contributed by atoms with Crippen LogP contribution in [-0.2, 0) is 29.5 Å². The van der Waals surface area contributed by atoms with Crippen LogP contribution in [-0.4, -0.2) is 31.9 Å². The molecule has 1 aromatic carbocycles. The van der Waals surface area contributed by atoms with E-state index in [-0.39, 0.29) is 0 Å². The van der Waals surface area contributed by atoms with E-state index in [4.69, 9.17) is 18.3 Å². The van der Waals surface area contributed by atoms with Gasteiger partial charge in [-0.05, 0) is 26.3 Å². The fourth-order valence-corrected chi connectivity index (χ4v) is 2.63. The Morgan fingerprint density at radius 3 is 2.19 bits per heavy atom. The molecule has 1 rings (SSSR count). The summed E-state index contributed by atoms with van der Waals surface area (Å²) in [5.74, 6) is -0.395. The standard InChI is InChI=1S/C15H23O5P/c1-4-17-15(16)14(12-13-10-8-7-9-11-13)20-21(18-5-2)19-6-3/h7-11,14H,4-6,12H2,1-3H3. The third-order valence-corrected chi connectivity index (χ3v) is 3.86. The molecule has 6 heteroatoms. The molecule has 0 aliphatic rings. The number of hydrogen-bond donors (Lipinski definition) is 0. The molecule has 0 radical (unpaired) electrons. The number of esters is 1. The van der Waals surface area contributed by atoms with Crippen LogP contribution in [0.25, 0.3) is 0 Å². The molecule has 0 saturated heterocycles. The van der Waals surface area contributed by atoms with E-state index in [1.165, 1.54) is 0 Å². The zero-order chi connectivity index (χ0) is 15.5. The molecular weight excluding hydrogens is 291 g/mol. The predicted octanol–water partition coefficient (Wildman–Crippen LogP) is 3.48. The molecule has 118 valence electrons. The van der Waals surface area contributed by atoms with E-state index >= 15 is 0 Å². The van der Waals surface area contributed by atoms with Crippen LogP contribution in [0.5, 0.6) is 0 Å². The predicted molar refractivity (Wildman–Crippen MR) is 81.8 cm³/mol. The number of carbonyl (C=O) groups excluding carboxylic acids is 1. The van der Waals surface area contributed by atoms with Gasteiger partial charge >= 0.3 is 14.6 Å². The fourth-order valence-electron chi connectivity index (χ4n) is 1.64. The molecule has 5 nitrogen and oxygen atoms in total. The van der Waals surface area contributed by atoms with Crippen molar-refractivity contribution < 1.29 is 23.1 Å². The molecule has 0 fully saturated rings. The molecule has 0 amide bonds. The first-order valence-electron chi connectivity index (χ1n) is 7.14. The SMILES string of the molecule is CCOC(=O)C(Cc1ccccc1)OP(OCC)OCC. The summed E-state index contributed by atoms with van der Waals surface area (Å²) in [5, 5.41) is 0. The van der Waals surface area contributed by atoms with Crippen LogP contribution in [0.3, 0.4) is 0 Å². The van der Waals surface area contributed by atoms with Crippen molar-refractivity contribution in [3.05, 3.63) is 35.9 Å². The molecule has 0 spiro atoms. The van der Waals surface area contributed by atoms with Crippen LogP contribution < -0.4 is 0 Å². The quantitative estimate of drug-likeness (QED) is 0.489. The van der Waals surface area contributed by atoms with Gasteiger partial charge in [-0.25, -0.2) is 4.79 Å². The van der Waals surface area contributed by atoms with Gasteiger partial charge in [0.1, 0.15) is 0 Å². The van der Waals surface area contributed by atoms with Crippen molar-refractivity contribution in [3.8, 4) is 0 Å². The largest absolute Gasteiger partial charge is 0.464 e. The molecule has 1 aromatic rings. The minimum absolute atomic E-state index is 0.314. The first-order chi connectivity index (χ1) is 10.2. The molecule has 0 aliphatic carbocycles. The smallest absolute Gasteiger partial charge is 0.336 e. The lowest BCUT2D eigenvalue weighted by Gasteiger charge is -2.21. The van der Waals surface area contributed by atoms with Crippen LogP contribution in [0.1, 0.15) is 26.3 Å². The zero-order valence-corrected chi connectivity index (χ0v) is 13.7. The lowest BCUT2D eigenvalue weighted by Crippen LogP contribution is -2.28. The minimum atomic E-state index is -1.54. The maximum atomic E-state index is 12.0. The molecular formula is C15H23O5P. The second kappa shape index (κ2) is 10.7. The summed E-state index contributed by atoms with van der Waals surface area (Å²) in [4.78, 5) is 12.0. The summed E-state index contributed by atoms with van der Waals surface area (Å²) in [7, 11) is -1.54. The van der Waals surface area contributed by atoms with Crippen LogP contribution >= 0.6 is 8.60 Å². The van der Waals surface area contributed by atoms with Gasteiger partial charge in [0.25, 0.3) is 0 Å². The Bertz CT molecular complexity index is 392. The van der Waals surface area contributed by atoms with E-state index in [2.05, 4.69) is 0 Å². The fraction of sp³-hybridized carbons (Fsp3) is 0.533. The van der Waals surface area contributed by atoms with E-state index in [1.54, 1.807) is 6.92 Å². The summed E-state index contributed by atoms with van der Waals surface area (Å²) in [5.41, 5.74) is 0.999. The topological polar surface area (TPSA) is 54.0 Å². The van der Waals surface area contributed by atoms with E-state index in [0.29, 0.717) is 26.2 Å². The Morgan fingerprint density at radius 1 is 1.05 bits per heavy atom. The van der Waals surface area contributed by atoms with E-state index in [9.17, 15) is 4.79 Å². The first-order valence-corrected chi connectivity index (χ1v) is 8.24. The Labute approximate surface area is 127 Å². The Kier molecular flexibility index (Phi) is 9.19. The van der Waals surface area contributed by atoms with Crippen molar-refractivity contribution in [2.24, 2.45) is 0 Å². The number of benzene rings is 1. The van der Waals surface area contributed by atoms with Gasteiger partial charge in [-0.3, -0.25) is 4.52 Å². The van der Waals surface area contributed by atoms with Crippen LogP contribution in [0, 0.1) is 0 Å². The van der Waals surface area contributed by atoms with E-state index in [1.807, 2.05) is 44.2 Å². The highest BCUT2D eigenvalue weighted by atomic mass is 31.2. The van der Waals surface area contributed by atoms with Crippen LogP contribution in [0.4, 0.5) is 0 Å². The van der Waals surface area contributed by atoms with Gasteiger partial charge in [0, 0.05) is 6.42 Å². The van der Waals surface area contributed by atoms with Crippen molar-refractivity contribution >= 4 is 14.6 Å². The first kappa shape index (κ1) is 18.1. The minimum Gasteiger partial charge on any atom is -0.464 e. The third-order valence-electron chi connectivity index (χ3n) is 2.50. The van der Waals surface area contributed by atoms with E-state index < -0.39 is 20.7 Å². The molecule has 0 saturated carbocycles. The van der Waals surface area contributed by atoms with Gasteiger partial charge in [0.2, 0.25) is 0 Å². The van der Waals surface area contributed by atoms with Crippen molar-refractivity contribution in [3.63, 3.8) is 0 Å². The Morgan fingerprint density at radius 2 is 1.67 bits per heavy atom. The molecule has 1 atom stereocenters. The highest BCUT2D eigenvalue weighted by Crippen LogP contribution is 2.41. The Hall–Kier alpha value is -1.00. The summed E-state index contributed by atoms with van der Waals surface area (Å²) < 4.78 is 21.5. The summed E-state index contributed by atoms with van der Waals surface area (Å²) in [6.07, 6.45) is -0.296. The highest BCUT2D eigenvalue weighted by molar-refractivity contribution is 7.41. The molecule has 0 heterocycles. The second-order valence-electron chi connectivity index (χ2n) is 4.09. The molecule has 0 bridgehead atoms. The third kappa shape index (κ3) is 7.00. The average Bonchev–Trinajstić information content (AvgIpc) is 2.48. The van der Waals surface area contributed by atoms with Crippen molar-refractivity contribution in [1.29, 1.82) is 0 Å².